The topological polar surface area (TPSA) is 142 Å². The maximum absolute atomic E-state index is 13.4. The number of alkyl halides is 4. The summed E-state index contributed by atoms with van der Waals surface area (Å²) in [6, 6.07) is 5.08. The molecule has 1 aliphatic rings. The highest BCUT2D eigenvalue weighted by Gasteiger charge is 2.25. The molecule has 1 saturated heterocycles. The molecule has 0 aliphatic carbocycles. The van der Waals surface area contributed by atoms with E-state index < -0.39 is 19.1 Å². The third-order valence-corrected chi connectivity index (χ3v) is 7.02. The van der Waals surface area contributed by atoms with Gasteiger partial charge in [0.2, 0.25) is 0 Å². The first-order chi connectivity index (χ1) is 21.2. The fourth-order valence-corrected chi connectivity index (χ4v) is 5.00. The number of carbonyl (C=O) groups excluding carboxylic acids is 1. The van der Waals surface area contributed by atoms with E-state index in [1.165, 1.54) is 32.6 Å². The van der Waals surface area contributed by atoms with Crippen LogP contribution >= 0.6 is 0 Å². The third kappa shape index (κ3) is 6.29. The lowest BCUT2D eigenvalue weighted by Crippen LogP contribution is -2.30. The van der Waals surface area contributed by atoms with E-state index in [-0.39, 0.29) is 52.2 Å². The summed E-state index contributed by atoms with van der Waals surface area (Å²) in [5.41, 5.74) is 0.208. The van der Waals surface area contributed by atoms with E-state index in [9.17, 15) is 22.4 Å². The van der Waals surface area contributed by atoms with Gasteiger partial charge in [0.15, 0.2) is 11.5 Å². The fraction of sp³-hybridized carbons (Fsp3) is 0.346. The Balaban J connectivity index is 1.35. The predicted octanol–water partition coefficient (Wildman–Crippen LogP) is 3.18. The molecular weight excluding hydrogens is 590 g/mol. The van der Waals surface area contributed by atoms with Gasteiger partial charge in [-0.2, -0.15) is 32.6 Å². The summed E-state index contributed by atoms with van der Waals surface area (Å²) in [6.07, 6.45) is 7.93. The van der Waals surface area contributed by atoms with Crippen molar-refractivity contribution in [1.29, 1.82) is 0 Å². The number of halogens is 4. The number of likely N-dealkylation sites (tertiary alicyclic amines) is 1. The first kappa shape index (κ1) is 29.0. The minimum absolute atomic E-state index is 0.0140. The van der Waals surface area contributed by atoms with Crippen LogP contribution in [0.3, 0.4) is 0 Å². The number of amides is 1. The summed E-state index contributed by atoms with van der Waals surface area (Å²) in [6.45, 7) is -4.89. The molecule has 18 heteroatoms. The van der Waals surface area contributed by atoms with Gasteiger partial charge in [0, 0.05) is 24.6 Å². The van der Waals surface area contributed by atoms with Crippen molar-refractivity contribution in [2.45, 2.75) is 45.2 Å². The van der Waals surface area contributed by atoms with E-state index in [0.717, 1.165) is 37.6 Å². The van der Waals surface area contributed by atoms with Crippen LogP contribution in [-0.2, 0) is 13.1 Å². The second-order valence-corrected chi connectivity index (χ2v) is 9.94. The van der Waals surface area contributed by atoms with E-state index in [2.05, 4.69) is 50.3 Å². The van der Waals surface area contributed by atoms with E-state index in [1.54, 1.807) is 12.3 Å². The van der Waals surface area contributed by atoms with Crippen molar-refractivity contribution < 1.29 is 31.8 Å². The SMILES string of the molecule is CN1CCC[C@@H]1Cn1nnc(Cn2cc(NC(=O)c3cnn4cccnc34)c(-c3cc(OC(F)F)ccc3OC(F)F)n2)n1. The number of hydrogen-bond donors (Lipinski definition) is 1. The lowest BCUT2D eigenvalue weighted by molar-refractivity contribution is -0.0526. The van der Waals surface area contributed by atoms with Gasteiger partial charge in [-0.15, -0.1) is 10.2 Å². The van der Waals surface area contributed by atoms with Gasteiger partial charge in [0.05, 0.1) is 24.0 Å². The maximum atomic E-state index is 13.4. The van der Waals surface area contributed by atoms with Crippen molar-refractivity contribution in [2.75, 3.05) is 18.9 Å². The van der Waals surface area contributed by atoms with Crippen molar-refractivity contribution in [3.63, 3.8) is 0 Å². The molecule has 1 amide bonds. The molecule has 1 atom stereocenters. The summed E-state index contributed by atoms with van der Waals surface area (Å²) < 4.78 is 64.6. The fourth-order valence-electron chi connectivity index (χ4n) is 5.00. The van der Waals surface area contributed by atoms with Crippen molar-refractivity contribution in [3.8, 4) is 22.8 Å². The van der Waals surface area contributed by atoms with Crippen LogP contribution in [0.5, 0.6) is 11.5 Å². The summed E-state index contributed by atoms with van der Waals surface area (Å²) in [5, 5.41) is 23.9. The van der Waals surface area contributed by atoms with Crippen LogP contribution in [0.1, 0.15) is 29.0 Å². The number of likely N-dealkylation sites (N-methyl/N-ethyl adjacent to an activating group) is 1. The largest absolute Gasteiger partial charge is 0.435 e. The molecule has 4 aromatic heterocycles. The molecule has 5 heterocycles. The average molecular weight is 616 g/mol. The van der Waals surface area contributed by atoms with Crippen molar-refractivity contribution >= 4 is 17.2 Å². The number of anilines is 1. The second kappa shape index (κ2) is 12.2. The molecule has 5 aromatic rings. The summed E-state index contributed by atoms with van der Waals surface area (Å²) in [5.74, 6) is -1.06. The second-order valence-electron chi connectivity index (χ2n) is 9.94. The van der Waals surface area contributed by atoms with Gasteiger partial charge in [0.1, 0.15) is 29.3 Å². The summed E-state index contributed by atoms with van der Waals surface area (Å²) in [7, 11) is 2.03. The number of rotatable bonds is 11. The Labute approximate surface area is 246 Å². The molecule has 0 unspecified atom stereocenters. The number of tetrazole rings is 1. The first-order valence-corrected chi connectivity index (χ1v) is 13.4. The van der Waals surface area contributed by atoms with Gasteiger partial charge in [-0.05, 0) is 55.9 Å². The molecule has 0 saturated carbocycles. The Hall–Kier alpha value is -5.13. The van der Waals surface area contributed by atoms with E-state index in [1.807, 2.05) is 7.05 Å². The Morgan fingerprint density at radius 3 is 2.77 bits per heavy atom. The molecule has 44 heavy (non-hydrogen) atoms. The van der Waals surface area contributed by atoms with Gasteiger partial charge in [-0.3, -0.25) is 9.48 Å². The van der Waals surface area contributed by atoms with Gasteiger partial charge in [-0.25, -0.2) is 9.50 Å². The van der Waals surface area contributed by atoms with Gasteiger partial charge in [-0.1, -0.05) is 0 Å². The van der Waals surface area contributed by atoms with E-state index in [4.69, 9.17) is 0 Å². The van der Waals surface area contributed by atoms with E-state index in [0.29, 0.717) is 12.4 Å². The predicted molar refractivity (Wildman–Crippen MR) is 144 cm³/mol. The minimum Gasteiger partial charge on any atom is -0.435 e. The number of ether oxygens (including phenoxy) is 2. The normalized spacial score (nSPS) is 15.5. The first-order valence-electron chi connectivity index (χ1n) is 13.4. The Morgan fingerprint density at radius 2 is 2.00 bits per heavy atom. The Kier molecular flexibility index (Phi) is 8.05. The third-order valence-electron chi connectivity index (χ3n) is 7.02. The summed E-state index contributed by atoms with van der Waals surface area (Å²) in [4.78, 5) is 21.2. The molecule has 0 radical (unpaired) electrons. The molecule has 1 fully saturated rings. The average Bonchev–Trinajstić information content (AvgIpc) is 3.78. The molecule has 230 valence electrons. The number of aromatic nitrogens is 9. The zero-order valence-corrected chi connectivity index (χ0v) is 23.1. The molecule has 0 bridgehead atoms. The molecule has 0 spiro atoms. The van der Waals surface area contributed by atoms with Crippen LogP contribution in [0.15, 0.2) is 49.1 Å². The van der Waals surface area contributed by atoms with Crippen LogP contribution in [0.2, 0.25) is 0 Å². The van der Waals surface area contributed by atoms with Crippen molar-refractivity contribution in [1.82, 2.24) is 49.5 Å². The van der Waals surface area contributed by atoms with Crippen LogP contribution in [0.4, 0.5) is 23.2 Å². The number of nitrogens with zero attached hydrogens (tertiary/aromatic N) is 10. The van der Waals surface area contributed by atoms with Crippen molar-refractivity contribution in [2.24, 2.45) is 0 Å². The molecular formula is C26H25F4N11O3. The highest BCUT2D eigenvalue weighted by atomic mass is 19.3. The Bertz CT molecular complexity index is 1770. The van der Waals surface area contributed by atoms with Crippen LogP contribution in [0, 0.1) is 0 Å². The molecule has 1 N–H and O–H groups in total. The monoisotopic (exact) mass is 615 g/mol. The molecule has 14 nitrogen and oxygen atoms in total. The number of nitrogens with one attached hydrogen (secondary N) is 1. The number of hydrogen-bond acceptors (Lipinski definition) is 10. The van der Waals surface area contributed by atoms with Crippen molar-refractivity contribution in [3.05, 3.63) is 60.4 Å². The standard InChI is InChI=1S/C26H25F4N11O3/c1-38-8-2-4-15(38)12-41-35-21(34-37-41)14-39-13-19(33-24(42)18-11-32-40-9-3-7-31-23(18)40)22(36-39)17-10-16(43-25(27)28)5-6-20(17)44-26(29)30/h3,5-7,9-11,13,15,25-26H,2,4,8,12,14H2,1H3,(H,33,42)/t15-/m1/s1. The number of benzene rings is 1. The molecule has 6 rings (SSSR count). The van der Waals surface area contributed by atoms with Crippen LogP contribution in [0.25, 0.3) is 16.9 Å². The Morgan fingerprint density at radius 1 is 1.16 bits per heavy atom. The van der Waals surface area contributed by atoms with Gasteiger partial charge >= 0.3 is 13.2 Å². The highest BCUT2D eigenvalue weighted by molar-refractivity contribution is 6.09. The molecule has 1 aliphatic heterocycles. The lowest BCUT2D eigenvalue weighted by atomic mass is 10.1. The summed E-state index contributed by atoms with van der Waals surface area (Å²) >= 11 is 0. The van der Waals surface area contributed by atoms with Crippen LogP contribution < -0.4 is 14.8 Å². The number of carbonyl (C=O) groups is 1. The van der Waals surface area contributed by atoms with E-state index >= 15 is 0 Å². The minimum atomic E-state index is -3.24. The number of fused-ring (bicyclic) bond motifs is 1. The zero-order chi connectivity index (χ0) is 30.8. The zero-order valence-electron chi connectivity index (χ0n) is 23.1. The lowest BCUT2D eigenvalue weighted by Gasteiger charge is -2.17. The van der Waals surface area contributed by atoms with Gasteiger partial charge in [0.25, 0.3) is 5.91 Å². The quantitative estimate of drug-likeness (QED) is 0.220. The molecule has 1 aromatic carbocycles. The van der Waals surface area contributed by atoms with Gasteiger partial charge < -0.3 is 19.7 Å². The highest BCUT2D eigenvalue weighted by Crippen LogP contribution is 2.38. The van der Waals surface area contributed by atoms with Crippen LogP contribution in [-0.4, -0.2) is 88.3 Å². The smallest absolute Gasteiger partial charge is 0.387 e. The maximum Gasteiger partial charge on any atom is 0.387 e.